The smallest absolute Gasteiger partial charge is 0.316 e. The van der Waals surface area contributed by atoms with E-state index in [1.165, 1.54) is 61.8 Å². The Balaban J connectivity index is 0.000000148. The third-order valence-electron chi connectivity index (χ3n) is 21.6. The van der Waals surface area contributed by atoms with Gasteiger partial charge in [0.2, 0.25) is 5.91 Å². The number of piperidine rings is 3. The van der Waals surface area contributed by atoms with Crippen LogP contribution >= 0.6 is 0 Å². The summed E-state index contributed by atoms with van der Waals surface area (Å²) in [6.45, 7) is 15.3. The number of esters is 1. The number of ketones is 1. The summed E-state index contributed by atoms with van der Waals surface area (Å²) in [5.41, 5.74) is 8.85. The first-order chi connectivity index (χ1) is 45.7. The number of hydrogen-bond donors (Lipinski definition) is 2. The van der Waals surface area contributed by atoms with Crippen LogP contribution in [0.3, 0.4) is 0 Å². The maximum Gasteiger partial charge on any atom is 0.316 e. The van der Waals surface area contributed by atoms with Gasteiger partial charge in [-0.15, -0.1) is 0 Å². The van der Waals surface area contributed by atoms with Gasteiger partial charge < -0.3 is 39.4 Å². The summed E-state index contributed by atoms with van der Waals surface area (Å²) in [6.07, 6.45) is 14.7. The topological polar surface area (TPSA) is 117 Å². The van der Waals surface area contributed by atoms with Crippen LogP contribution in [0.4, 0.5) is 5.69 Å². The predicted molar refractivity (Wildman–Crippen MR) is 383 cm³/mol. The van der Waals surface area contributed by atoms with Gasteiger partial charge in [-0.1, -0.05) is 203 Å². The van der Waals surface area contributed by atoms with Crippen LogP contribution in [0.15, 0.2) is 200 Å². The average molecular weight is 1270 g/mol. The number of aliphatic hydroxyl groups excluding tert-OH is 1. The Bertz CT molecular complexity index is 3350. The Morgan fingerprint density at radius 2 is 1.20 bits per heavy atom. The average Bonchev–Trinajstić information content (AvgIpc) is 0.734. The molecule has 3 saturated heterocycles. The molecule has 3 heterocycles. The minimum absolute atomic E-state index is 0.111. The summed E-state index contributed by atoms with van der Waals surface area (Å²) in [6, 6.07) is 68.5. The minimum atomic E-state index is -0.582. The molecule has 2 aliphatic carbocycles. The van der Waals surface area contributed by atoms with Crippen molar-refractivity contribution in [1.29, 1.82) is 0 Å². The standard InChI is InChI=1S/C23H29NO3.C22H28N2O.C21H27NO.C17H23NO/c1-2-27-22(26)23(20-11-7-4-8-12-20)14-17-24(18-15-23)16-13-21(25)19-9-5-3-6-10-19;1-2-22(25)24(20-11-7-4-8-12-20)21-14-17-23(18-15-21)16-13-19-9-5-3-6-10-19;1-5-20(23)21(16-17(2)22(3)4,18-12-8-6-9-13-18)19-14-10-7-11-15-19;1-18-9-8-17-7-3-2-4-14(17)16(18)10-12-5-6-13(19)11-15(12)17/h3-12,21,25H,2,13-18H2,1H3;3-12,21H,2,13-18H2,1H3;6-15,17H,5,16H2,1-4H3;5-6,11,14,16,19H,2-4,7-10H2,1H3/t;;;14-,16+,17+/m...0/s1. The highest BCUT2D eigenvalue weighted by molar-refractivity contribution is 5.94. The van der Waals surface area contributed by atoms with Crippen LogP contribution in [0.5, 0.6) is 5.75 Å². The Labute approximate surface area is 563 Å². The molecule has 11 heteroatoms. The molecule has 1 amide bonds. The second-order valence-electron chi connectivity index (χ2n) is 27.3. The lowest BCUT2D eigenvalue weighted by atomic mass is 9.52. The van der Waals surface area contributed by atoms with Gasteiger partial charge in [-0.2, -0.15) is 0 Å². The zero-order chi connectivity index (χ0) is 66.5. The molecular weight excluding hydrogens is 1160 g/mol. The molecule has 0 aromatic heterocycles. The lowest BCUT2D eigenvalue weighted by Gasteiger charge is -2.58. The molecule has 0 radical (unpaired) electrons. The monoisotopic (exact) mass is 1270 g/mol. The molecule has 500 valence electrons. The highest BCUT2D eigenvalue weighted by Crippen LogP contribution is 2.56. The van der Waals surface area contributed by atoms with Crippen LogP contribution in [-0.2, 0) is 48.2 Å². The van der Waals surface area contributed by atoms with Gasteiger partial charge in [0.1, 0.15) is 11.5 Å². The number of carbonyl (C=O) groups excluding carboxylic acids is 3. The van der Waals surface area contributed by atoms with Gasteiger partial charge in [0.25, 0.3) is 0 Å². The summed E-state index contributed by atoms with van der Waals surface area (Å²) < 4.78 is 5.43. The van der Waals surface area contributed by atoms with Crippen LogP contribution in [0.1, 0.15) is 156 Å². The van der Waals surface area contributed by atoms with Crippen molar-refractivity contribution in [2.24, 2.45) is 5.92 Å². The quantitative estimate of drug-likeness (QED) is 0.0715. The summed E-state index contributed by atoms with van der Waals surface area (Å²) in [4.78, 5) is 50.2. The van der Waals surface area contributed by atoms with E-state index in [0.29, 0.717) is 49.1 Å². The maximum absolute atomic E-state index is 13.2. The van der Waals surface area contributed by atoms with Crippen molar-refractivity contribution in [2.45, 2.75) is 164 Å². The molecule has 1 saturated carbocycles. The first kappa shape index (κ1) is 71.1. The van der Waals surface area contributed by atoms with Gasteiger partial charge in [0, 0.05) is 68.2 Å². The van der Waals surface area contributed by atoms with Crippen molar-refractivity contribution in [3.63, 3.8) is 0 Å². The summed E-state index contributed by atoms with van der Waals surface area (Å²) in [5, 5.41) is 20.3. The van der Waals surface area contributed by atoms with Crippen molar-refractivity contribution in [1.82, 2.24) is 19.6 Å². The van der Waals surface area contributed by atoms with Gasteiger partial charge in [0.15, 0.2) is 0 Å². The number of phenolic OH excluding ortho intramolecular Hbond substituents is 1. The van der Waals surface area contributed by atoms with Crippen molar-refractivity contribution in [3.8, 4) is 5.75 Å². The number of anilines is 1. The number of aliphatic hydroxyl groups is 1. The maximum atomic E-state index is 13.2. The fraction of sp³-hybridized carbons (Fsp3) is 0.458. The number of ether oxygens (including phenoxy) is 1. The third-order valence-corrected chi connectivity index (χ3v) is 21.6. The molecule has 12 rings (SSSR count). The lowest BCUT2D eigenvalue weighted by Crippen LogP contribution is -2.59. The van der Waals surface area contributed by atoms with Gasteiger partial charge in [-0.3, -0.25) is 14.4 Å². The number of hydrogen-bond acceptors (Lipinski definition) is 10. The number of nitrogens with zero attached hydrogens (tertiary/aromatic N) is 5. The fourth-order valence-corrected chi connectivity index (χ4v) is 16.0. The molecular formula is C83H107N5O6. The van der Waals surface area contributed by atoms with Crippen LogP contribution in [0.2, 0.25) is 0 Å². The molecule has 94 heavy (non-hydrogen) atoms. The molecule has 7 aromatic rings. The van der Waals surface area contributed by atoms with Crippen molar-refractivity contribution >= 4 is 23.3 Å². The molecule has 3 aliphatic heterocycles. The highest BCUT2D eigenvalue weighted by Gasteiger charge is 2.53. The largest absolute Gasteiger partial charge is 0.508 e. The first-order valence-corrected chi connectivity index (χ1v) is 35.3. The zero-order valence-corrected chi connectivity index (χ0v) is 57.5. The summed E-state index contributed by atoms with van der Waals surface area (Å²) in [7, 11) is 6.44. The van der Waals surface area contributed by atoms with Crippen molar-refractivity contribution in [3.05, 3.63) is 239 Å². The number of rotatable bonds is 20. The molecule has 4 fully saturated rings. The van der Waals surface area contributed by atoms with E-state index >= 15 is 0 Å². The number of phenols is 1. The van der Waals surface area contributed by atoms with E-state index in [2.05, 4.69) is 127 Å². The van der Waals surface area contributed by atoms with Gasteiger partial charge in [-0.25, -0.2) is 0 Å². The number of amides is 1. The number of likely N-dealkylation sites (N-methyl/N-ethyl adjacent to an activating group) is 1. The number of likely N-dealkylation sites (tertiary alicyclic amines) is 3. The molecule has 2 N–H and O–H groups in total. The molecule has 5 aliphatic rings. The van der Waals surface area contributed by atoms with E-state index in [-0.39, 0.29) is 17.7 Å². The Hall–Kier alpha value is -7.25. The SMILES string of the molecule is CCC(=O)C(CC(C)N(C)C)(c1ccccc1)c1ccccc1.CCC(=O)N(c1ccccc1)C1CCN(CCc2ccccc2)CC1.CCOC(=O)C1(c2ccccc2)CCN(CCC(O)c2ccccc2)CC1.CN1CC[C@]23CCCC[C@H]2[C@H]1Cc1ccc(O)cc13. The van der Waals surface area contributed by atoms with E-state index in [9.17, 15) is 24.6 Å². The third kappa shape index (κ3) is 17.2. The molecule has 2 bridgehead atoms. The highest BCUT2D eigenvalue weighted by atomic mass is 16.5. The van der Waals surface area contributed by atoms with Crippen molar-refractivity contribution < 1.29 is 29.3 Å². The number of carbonyl (C=O) groups is 3. The Kier molecular flexibility index (Phi) is 26.0. The molecule has 0 spiro atoms. The van der Waals surface area contributed by atoms with E-state index in [0.717, 1.165) is 118 Å². The van der Waals surface area contributed by atoms with Gasteiger partial charge >= 0.3 is 5.97 Å². The number of benzene rings is 7. The second kappa shape index (κ2) is 34.4. The number of fused-ring (bicyclic) bond motifs is 1. The summed E-state index contributed by atoms with van der Waals surface area (Å²) in [5.74, 6) is 1.67. The van der Waals surface area contributed by atoms with E-state index in [1.807, 2.05) is 147 Å². The van der Waals surface area contributed by atoms with E-state index in [1.54, 1.807) is 0 Å². The van der Waals surface area contributed by atoms with Gasteiger partial charge in [0.05, 0.1) is 23.5 Å². The molecule has 2 unspecified atom stereocenters. The Morgan fingerprint density at radius 1 is 0.638 bits per heavy atom. The van der Waals surface area contributed by atoms with Crippen molar-refractivity contribution in [2.75, 3.05) is 78.5 Å². The van der Waals surface area contributed by atoms with Gasteiger partial charge in [-0.05, 0) is 194 Å². The second-order valence-corrected chi connectivity index (χ2v) is 27.3. The zero-order valence-electron chi connectivity index (χ0n) is 57.5. The number of aromatic hydroxyl groups is 1. The van der Waals surface area contributed by atoms with E-state index < -0.39 is 16.9 Å². The van der Waals surface area contributed by atoms with E-state index in [4.69, 9.17) is 4.74 Å². The summed E-state index contributed by atoms with van der Waals surface area (Å²) >= 11 is 0. The Morgan fingerprint density at radius 3 is 1.78 bits per heavy atom. The minimum Gasteiger partial charge on any atom is -0.508 e. The number of Topliss-reactive ketones (excluding diaryl/α,β-unsaturated/α-hetero) is 1. The van der Waals surface area contributed by atoms with Crippen LogP contribution in [0.25, 0.3) is 0 Å². The molecule has 5 atom stereocenters. The predicted octanol–water partition coefficient (Wildman–Crippen LogP) is 15.2. The fourth-order valence-electron chi connectivity index (χ4n) is 16.0. The molecule has 11 nitrogen and oxygen atoms in total. The van der Waals surface area contributed by atoms with Crippen LogP contribution < -0.4 is 4.90 Å². The molecule has 7 aromatic carbocycles. The van der Waals surface area contributed by atoms with Crippen LogP contribution in [0, 0.1) is 5.92 Å². The first-order valence-electron chi connectivity index (χ1n) is 35.3. The number of para-hydroxylation sites is 1. The normalized spacial score (nSPS) is 20.2. The van der Waals surface area contributed by atoms with Crippen LogP contribution in [-0.4, -0.2) is 139 Å². The lowest BCUT2D eigenvalue weighted by molar-refractivity contribution is -0.152.